The molecule has 1 aliphatic rings. The van der Waals surface area contributed by atoms with Crippen LogP contribution >= 0.6 is 24.0 Å². The van der Waals surface area contributed by atoms with Gasteiger partial charge in [0.25, 0.3) is 5.91 Å². The Morgan fingerprint density at radius 1 is 1.06 bits per heavy atom. The van der Waals surface area contributed by atoms with Gasteiger partial charge in [-0.1, -0.05) is 96.8 Å². The maximum Gasteiger partial charge on any atom is 0.266 e. The highest BCUT2D eigenvalue weighted by Gasteiger charge is 2.32. The Hall–Kier alpha value is -2.70. The molecule has 0 saturated carbocycles. The van der Waals surface area contributed by atoms with E-state index in [1.807, 2.05) is 98.5 Å². The van der Waals surface area contributed by atoms with Crippen molar-refractivity contribution in [3.63, 3.8) is 0 Å². The molecule has 1 heterocycles. The molecule has 33 heavy (non-hydrogen) atoms. The molecule has 4 nitrogen and oxygen atoms in total. The van der Waals surface area contributed by atoms with Gasteiger partial charge in [0.1, 0.15) is 4.32 Å². The number of allylic oxidation sites excluding steroid dienone is 2. The molecule has 3 rings (SSSR count). The Morgan fingerprint density at radius 2 is 1.70 bits per heavy atom. The van der Waals surface area contributed by atoms with Crippen LogP contribution in [0, 0.1) is 0 Å². The molecule has 0 spiro atoms. The number of thioether (sulfide) groups is 1. The van der Waals surface area contributed by atoms with Gasteiger partial charge in [0.15, 0.2) is 0 Å². The smallest absolute Gasteiger partial charge is 0.266 e. The van der Waals surface area contributed by atoms with Crippen molar-refractivity contribution in [2.45, 2.75) is 45.7 Å². The molecule has 2 amide bonds. The van der Waals surface area contributed by atoms with Gasteiger partial charge in [-0.3, -0.25) is 14.5 Å². The predicted molar refractivity (Wildman–Crippen MR) is 141 cm³/mol. The normalized spacial score (nSPS) is 15.6. The lowest BCUT2D eigenvalue weighted by Gasteiger charge is -2.36. The number of rotatable bonds is 8. The molecule has 0 bridgehead atoms. The number of nitrogens with zero attached hydrogens (tertiary/aromatic N) is 2. The van der Waals surface area contributed by atoms with Crippen molar-refractivity contribution >= 4 is 46.2 Å². The zero-order chi connectivity index (χ0) is 23.8. The van der Waals surface area contributed by atoms with E-state index in [1.165, 1.54) is 11.8 Å². The Labute approximate surface area is 206 Å². The molecule has 0 N–H and O–H groups in total. The number of thiocarbonyl (C=S) groups is 1. The van der Waals surface area contributed by atoms with Crippen LogP contribution in [-0.2, 0) is 16.1 Å². The first-order chi connectivity index (χ1) is 15.8. The minimum Gasteiger partial charge on any atom is -0.334 e. The highest BCUT2D eigenvalue weighted by molar-refractivity contribution is 8.26. The number of carbonyl (C=O) groups is 2. The average Bonchev–Trinajstić information content (AvgIpc) is 3.05. The largest absolute Gasteiger partial charge is 0.334 e. The van der Waals surface area contributed by atoms with Gasteiger partial charge in [-0.15, -0.1) is 0 Å². The van der Waals surface area contributed by atoms with E-state index in [0.717, 1.165) is 11.1 Å². The highest BCUT2D eigenvalue weighted by atomic mass is 32.2. The van der Waals surface area contributed by atoms with E-state index in [-0.39, 0.29) is 17.4 Å². The molecule has 0 atom stereocenters. The summed E-state index contributed by atoms with van der Waals surface area (Å²) >= 11 is 6.73. The van der Waals surface area contributed by atoms with Crippen LogP contribution in [0.5, 0.6) is 0 Å². The Bertz CT molecular complexity index is 1040. The minimum atomic E-state index is -0.289. The number of carbonyl (C=O) groups excluding carboxylic acids is 2. The predicted octanol–water partition coefficient (Wildman–Crippen LogP) is 6.05. The summed E-state index contributed by atoms with van der Waals surface area (Å²) in [6.45, 7) is 7.15. The lowest BCUT2D eigenvalue weighted by molar-refractivity contribution is -0.137. The first kappa shape index (κ1) is 24.9. The second-order valence-electron chi connectivity index (χ2n) is 8.87. The maximum atomic E-state index is 13.0. The van der Waals surface area contributed by atoms with E-state index in [9.17, 15) is 9.59 Å². The molecule has 2 aromatic rings. The standard InChI is InChI=1S/C27H30N2O2S2/c1-27(2,3)29(20-22-14-8-5-9-15-22)24(30)18-11-19-28-25(31)23(33-26(28)32)17-10-16-21-12-6-4-7-13-21/h4-10,12-17H,11,18-20H2,1-3H3/b16-10+,23-17-. The van der Waals surface area contributed by atoms with Gasteiger partial charge in [0, 0.05) is 25.0 Å². The maximum absolute atomic E-state index is 13.0. The van der Waals surface area contributed by atoms with Crippen LogP contribution in [0.25, 0.3) is 6.08 Å². The lowest BCUT2D eigenvalue weighted by atomic mass is 10.0. The quantitative estimate of drug-likeness (QED) is 0.342. The van der Waals surface area contributed by atoms with Gasteiger partial charge in [0.2, 0.25) is 5.91 Å². The fourth-order valence-electron chi connectivity index (χ4n) is 3.51. The van der Waals surface area contributed by atoms with E-state index in [4.69, 9.17) is 12.2 Å². The summed E-state index contributed by atoms with van der Waals surface area (Å²) in [7, 11) is 0. The Balaban J connectivity index is 1.55. The molecule has 6 heteroatoms. The molecule has 172 valence electrons. The molecule has 0 aliphatic carbocycles. The third kappa shape index (κ3) is 7.14. The van der Waals surface area contributed by atoms with Crippen molar-refractivity contribution in [1.29, 1.82) is 0 Å². The highest BCUT2D eigenvalue weighted by Crippen LogP contribution is 2.31. The fourth-order valence-corrected chi connectivity index (χ4v) is 4.77. The van der Waals surface area contributed by atoms with E-state index in [2.05, 4.69) is 0 Å². The number of benzene rings is 2. The Kier molecular flexibility index (Phi) is 8.64. The van der Waals surface area contributed by atoms with Crippen LogP contribution in [0.3, 0.4) is 0 Å². The number of hydrogen-bond donors (Lipinski definition) is 0. The van der Waals surface area contributed by atoms with Crippen molar-refractivity contribution in [3.05, 3.63) is 88.8 Å². The van der Waals surface area contributed by atoms with E-state index in [1.54, 1.807) is 11.0 Å². The first-order valence-corrected chi connectivity index (χ1v) is 12.3. The van der Waals surface area contributed by atoms with Crippen molar-refractivity contribution in [2.75, 3.05) is 6.54 Å². The molecule has 2 aromatic carbocycles. The van der Waals surface area contributed by atoms with Gasteiger partial charge >= 0.3 is 0 Å². The third-order valence-electron chi connectivity index (χ3n) is 5.28. The van der Waals surface area contributed by atoms with Crippen molar-refractivity contribution < 1.29 is 9.59 Å². The molecular weight excluding hydrogens is 448 g/mol. The second-order valence-corrected chi connectivity index (χ2v) is 10.5. The van der Waals surface area contributed by atoms with Crippen molar-refractivity contribution in [1.82, 2.24) is 9.80 Å². The summed E-state index contributed by atoms with van der Waals surface area (Å²) in [5, 5.41) is 0. The summed E-state index contributed by atoms with van der Waals surface area (Å²) < 4.78 is 0.545. The number of amides is 2. The molecule has 0 aromatic heterocycles. The van der Waals surface area contributed by atoms with E-state index in [0.29, 0.717) is 35.2 Å². The minimum absolute atomic E-state index is 0.0816. The van der Waals surface area contributed by atoms with Crippen LogP contribution in [0.4, 0.5) is 0 Å². The number of hydrogen-bond acceptors (Lipinski definition) is 4. The zero-order valence-corrected chi connectivity index (χ0v) is 21.0. The van der Waals surface area contributed by atoms with Gasteiger partial charge in [-0.05, 0) is 44.4 Å². The third-order valence-corrected chi connectivity index (χ3v) is 6.67. The molecule has 0 unspecified atom stereocenters. The van der Waals surface area contributed by atoms with Crippen LogP contribution in [-0.4, -0.2) is 38.0 Å². The molecule has 1 fully saturated rings. The van der Waals surface area contributed by atoms with Crippen molar-refractivity contribution in [3.8, 4) is 0 Å². The molecule has 1 aliphatic heterocycles. The fraction of sp³-hybridized carbons (Fsp3) is 0.296. The zero-order valence-electron chi connectivity index (χ0n) is 19.4. The lowest BCUT2D eigenvalue weighted by Crippen LogP contribution is -2.45. The summed E-state index contributed by atoms with van der Waals surface area (Å²) in [5.74, 6) is -0.00902. The monoisotopic (exact) mass is 478 g/mol. The summed E-state index contributed by atoms with van der Waals surface area (Å²) in [4.78, 5) is 29.9. The second kappa shape index (κ2) is 11.4. The topological polar surface area (TPSA) is 40.6 Å². The van der Waals surface area contributed by atoms with Gasteiger partial charge < -0.3 is 4.90 Å². The average molecular weight is 479 g/mol. The summed E-state index contributed by atoms with van der Waals surface area (Å²) in [6, 6.07) is 19.9. The van der Waals surface area contributed by atoms with Crippen LogP contribution < -0.4 is 0 Å². The molecule has 0 radical (unpaired) electrons. The van der Waals surface area contributed by atoms with Crippen LogP contribution in [0.15, 0.2) is 77.7 Å². The van der Waals surface area contributed by atoms with Crippen LogP contribution in [0.1, 0.15) is 44.7 Å². The van der Waals surface area contributed by atoms with E-state index < -0.39 is 0 Å². The van der Waals surface area contributed by atoms with Crippen LogP contribution in [0.2, 0.25) is 0 Å². The van der Waals surface area contributed by atoms with Gasteiger partial charge in [0.05, 0.1) is 4.91 Å². The molecular formula is C27H30N2O2S2. The van der Waals surface area contributed by atoms with Gasteiger partial charge in [-0.25, -0.2) is 0 Å². The summed E-state index contributed by atoms with van der Waals surface area (Å²) in [6.07, 6.45) is 6.57. The van der Waals surface area contributed by atoms with E-state index >= 15 is 0 Å². The Morgan fingerprint density at radius 3 is 2.33 bits per heavy atom. The van der Waals surface area contributed by atoms with Crippen molar-refractivity contribution in [2.24, 2.45) is 0 Å². The first-order valence-electron chi connectivity index (χ1n) is 11.1. The summed E-state index contributed by atoms with van der Waals surface area (Å²) in [5.41, 5.74) is 1.88. The SMILES string of the molecule is CC(C)(C)N(Cc1ccccc1)C(=O)CCCN1C(=O)/C(=C/C=C/c2ccccc2)SC1=S. The van der Waals surface area contributed by atoms with Gasteiger partial charge in [-0.2, -0.15) is 0 Å². The molecule has 1 saturated heterocycles.